The molecule has 1 amide bonds. The van der Waals surface area contributed by atoms with E-state index in [1.165, 1.54) is 0 Å². The summed E-state index contributed by atoms with van der Waals surface area (Å²) in [6, 6.07) is 12.2. The fourth-order valence-corrected chi connectivity index (χ4v) is 3.25. The standard InChI is InChI=1S/C20H21NO3/c1-13-12-20(2,3)21(18-10-7-15(22)11-17(13)18)19(23)14-5-8-16(24-4)9-6-14/h5-12,22H,1-4H3. The second-order valence-electron chi connectivity index (χ2n) is 6.55. The monoisotopic (exact) mass is 323 g/mol. The molecule has 24 heavy (non-hydrogen) atoms. The topological polar surface area (TPSA) is 49.8 Å². The lowest BCUT2D eigenvalue weighted by molar-refractivity contribution is 0.0970. The molecule has 2 aromatic carbocycles. The van der Waals surface area contributed by atoms with E-state index in [4.69, 9.17) is 4.74 Å². The van der Waals surface area contributed by atoms with Crippen LogP contribution < -0.4 is 9.64 Å². The number of benzene rings is 2. The summed E-state index contributed by atoms with van der Waals surface area (Å²) >= 11 is 0. The number of phenols is 1. The maximum absolute atomic E-state index is 13.2. The molecule has 0 saturated carbocycles. The molecule has 0 aliphatic carbocycles. The summed E-state index contributed by atoms with van der Waals surface area (Å²) in [5.74, 6) is 0.821. The van der Waals surface area contributed by atoms with E-state index < -0.39 is 5.54 Å². The van der Waals surface area contributed by atoms with E-state index >= 15 is 0 Å². The minimum atomic E-state index is -0.467. The van der Waals surface area contributed by atoms with Gasteiger partial charge in [-0.05, 0) is 68.8 Å². The van der Waals surface area contributed by atoms with Crippen LogP contribution in [0.1, 0.15) is 36.7 Å². The van der Waals surface area contributed by atoms with E-state index in [1.807, 2.05) is 20.8 Å². The minimum Gasteiger partial charge on any atom is -0.508 e. The van der Waals surface area contributed by atoms with Gasteiger partial charge in [0.1, 0.15) is 11.5 Å². The quantitative estimate of drug-likeness (QED) is 0.899. The van der Waals surface area contributed by atoms with E-state index in [-0.39, 0.29) is 11.7 Å². The first-order valence-corrected chi connectivity index (χ1v) is 7.85. The summed E-state index contributed by atoms with van der Waals surface area (Å²) in [5.41, 5.74) is 2.85. The van der Waals surface area contributed by atoms with Gasteiger partial charge in [-0.1, -0.05) is 6.08 Å². The number of rotatable bonds is 2. The maximum atomic E-state index is 13.2. The number of anilines is 1. The zero-order chi connectivity index (χ0) is 17.5. The number of phenolic OH excluding ortho intramolecular Hbond substituents is 1. The molecule has 1 N–H and O–H groups in total. The van der Waals surface area contributed by atoms with Gasteiger partial charge in [-0.3, -0.25) is 9.69 Å². The van der Waals surface area contributed by atoms with Gasteiger partial charge in [0.05, 0.1) is 18.3 Å². The Bertz CT molecular complexity index is 819. The third-order valence-electron chi connectivity index (χ3n) is 4.33. The van der Waals surface area contributed by atoms with E-state index in [0.29, 0.717) is 11.3 Å². The molecule has 124 valence electrons. The zero-order valence-electron chi connectivity index (χ0n) is 14.3. The fraction of sp³-hybridized carbons (Fsp3) is 0.250. The molecule has 1 aliphatic heterocycles. The number of carbonyl (C=O) groups excluding carboxylic acids is 1. The summed E-state index contributed by atoms with van der Waals surface area (Å²) in [6.45, 7) is 6.01. The average Bonchev–Trinajstić information content (AvgIpc) is 2.54. The molecule has 3 rings (SSSR count). The van der Waals surface area contributed by atoms with E-state index in [1.54, 1.807) is 54.5 Å². The third kappa shape index (κ3) is 2.64. The van der Waals surface area contributed by atoms with Gasteiger partial charge in [-0.25, -0.2) is 0 Å². The number of carbonyl (C=O) groups is 1. The predicted molar refractivity (Wildman–Crippen MR) is 95.6 cm³/mol. The zero-order valence-corrected chi connectivity index (χ0v) is 14.3. The van der Waals surface area contributed by atoms with Crippen LogP contribution in [0.25, 0.3) is 5.57 Å². The smallest absolute Gasteiger partial charge is 0.259 e. The molecule has 0 unspecified atom stereocenters. The molecule has 0 bridgehead atoms. The highest BCUT2D eigenvalue weighted by molar-refractivity contribution is 6.10. The number of amides is 1. The summed E-state index contributed by atoms with van der Waals surface area (Å²) in [7, 11) is 1.60. The number of fused-ring (bicyclic) bond motifs is 1. The Morgan fingerprint density at radius 3 is 2.42 bits per heavy atom. The molecule has 0 fully saturated rings. The van der Waals surface area contributed by atoms with Gasteiger partial charge in [-0.15, -0.1) is 0 Å². The molecule has 1 heterocycles. The molecule has 4 heteroatoms. The van der Waals surface area contributed by atoms with Crippen molar-refractivity contribution in [2.45, 2.75) is 26.3 Å². The molecule has 0 atom stereocenters. The number of aromatic hydroxyl groups is 1. The van der Waals surface area contributed by atoms with Gasteiger partial charge in [0.15, 0.2) is 0 Å². The van der Waals surface area contributed by atoms with Crippen LogP contribution >= 0.6 is 0 Å². The molecule has 0 saturated heterocycles. The summed E-state index contributed by atoms with van der Waals surface area (Å²) in [5, 5.41) is 9.79. The SMILES string of the molecule is COc1ccc(C(=O)N2c3ccc(O)cc3C(C)=CC2(C)C)cc1. The number of methoxy groups -OCH3 is 1. The Hall–Kier alpha value is -2.75. The van der Waals surface area contributed by atoms with Crippen LogP contribution in [0.5, 0.6) is 11.5 Å². The van der Waals surface area contributed by atoms with Gasteiger partial charge in [-0.2, -0.15) is 0 Å². The van der Waals surface area contributed by atoms with Gasteiger partial charge in [0.2, 0.25) is 0 Å². The van der Waals surface area contributed by atoms with E-state index in [9.17, 15) is 9.90 Å². The van der Waals surface area contributed by atoms with Crippen molar-refractivity contribution in [1.82, 2.24) is 0 Å². The molecule has 1 aliphatic rings. The maximum Gasteiger partial charge on any atom is 0.259 e. The number of nitrogens with zero attached hydrogens (tertiary/aromatic N) is 1. The molecule has 4 nitrogen and oxygen atoms in total. The van der Waals surface area contributed by atoms with Crippen LogP contribution in [-0.2, 0) is 0 Å². The fourth-order valence-electron chi connectivity index (χ4n) is 3.25. The van der Waals surface area contributed by atoms with Gasteiger partial charge in [0, 0.05) is 11.1 Å². The Balaban J connectivity index is 2.09. The highest BCUT2D eigenvalue weighted by atomic mass is 16.5. The molecule has 0 spiro atoms. The lowest BCUT2D eigenvalue weighted by Crippen LogP contribution is -2.48. The lowest BCUT2D eigenvalue weighted by Gasteiger charge is -2.41. The third-order valence-corrected chi connectivity index (χ3v) is 4.33. The first kappa shape index (κ1) is 16.1. The van der Waals surface area contributed by atoms with Crippen molar-refractivity contribution in [3.63, 3.8) is 0 Å². The van der Waals surface area contributed by atoms with Crippen molar-refractivity contribution in [3.05, 3.63) is 59.7 Å². The highest BCUT2D eigenvalue weighted by Gasteiger charge is 2.36. The van der Waals surface area contributed by atoms with Crippen molar-refractivity contribution >= 4 is 17.2 Å². The Kier molecular flexibility index (Phi) is 3.84. The number of ether oxygens (including phenoxy) is 1. The van der Waals surface area contributed by atoms with Crippen LogP contribution in [0, 0.1) is 0 Å². The van der Waals surface area contributed by atoms with Crippen LogP contribution in [0.15, 0.2) is 48.5 Å². The lowest BCUT2D eigenvalue weighted by atomic mass is 9.88. The molecule has 0 radical (unpaired) electrons. The van der Waals surface area contributed by atoms with E-state index in [2.05, 4.69) is 6.08 Å². The molecule has 0 aromatic heterocycles. The van der Waals surface area contributed by atoms with Crippen LogP contribution in [-0.4, -0.2) is 23.7 Å². The Labute approximate surface area is 142 Å². The van der Waals surface area contributed by atoms with Crippen LogP contribution in [0.2, 0.25) is 0 Å². The normalized spacial score (nSPS) is 15.5. The highest BCUT2D eigenvalue weighted by Crippen LogP contribution is 2.41. The summed E-state index contributed by atoms with van der Waals surface area (Å²) < 4.78 is 5.16. The average molecular weight is 323 g/mol. The Morgan fingerprint density at radius 1 is 1.12 bits per heavy atom. The Morgan fingerprint density at radius 2 is 1.79 bits per heavy atom. The summed E-state index contributed by atoms with van der Waals surface area (Å²) in [6.07, 6.45) is 2.05. The number of hydrogen-bond acceptors (Lipinski definition) is 3. The summed E-state index contributed by atoms with van der Waals surface area (Å²) in [4.78, 5) is 14.9. The minimum absolute atomic E-state index is 0.0849. The second kappa shape index (κ2) is 5.71. The first-order chi connectivity index (χ1) is 11.3. The number of hydrogen-bond donors (Lipinski definition) is 1. The van der Waals surface area contributed by atoms with Crippen molar-refractivity contribution < 1.29 is 14.6 Å². The second-order valence-corrected chi connectivity index (χ2v) is 6.55. The van der Waals surface area contributed by atoms with Crippen LogP contribution in [0.4, 0.5) is 5.69 Å². The first-order valence-electron chi connectivity index (χ1n) is 7.85. The molecule has 2 aromatic rings. The van der Waals surface area contributed by atoms with Gasteiger partial charge < -0.3 is 9.84 Å². The predicted octanol–water partition coefficient (Wildman–Crippen LogP) is 4.24. The van der Waals surface area contributed by atoms with Gasteiger partial charge in [0.25, 0.3) is 5.91 Å². The van der Waals surface area contributed by atoms with Crippen LogP contribution in [0.3, 0.4) is 0 Å². The van der Waals surface area contributed by atoms with Crippen molar-refractivity contribution in [2.75, 3.05) is 12.0 Å². The molecular formula is C20H21NO3. The molecular weight excluding hydrogens is 302 g/mol. The number of allylic oxidation sites excluding steroid dienone is 1. The van der Waals surface area contributed by atoms with Gasteiger partial charge >= 0.3 is 0 Å². The van der Waals surface area contributed by atoms with Crippen molar-refractivity contribution in [1.29, 1.82) is 0 Å². The van der Waals surface area contributed by atoms with Crippen molar-refractivity contribution in [3.8, 4) is 11.5 Å². The largest absolute Gasteiger partial charge is 0.508 e. The van der Waals surface area contributed by atoms with E-state index in [0.717, 1.165) is 16.8 Å². The van der Waals surface area contributed by atoms with Crippen molar-refractivity contribution in [2.24, 2.45) is 0 Å².